The van der Waals surface area contributed by atoms with E-state index in [0.29, 0.717) is 5.56 Å². The first-order valence-corrected chi connectivity index (χ1v) is 6.91. The van der Waals surface area contributed by atoms with Crippen molar-refractivity contribution in [1.82, 2.24) is 9.78 Å². The molecule has 0 aliphatic carbocycles. The summed E-state index contributed by atoms with van der Waals surface area (Å²) < 4.78 is 29.5. The molecule has 0 radical (unpaired) electrons. The standard InChI is InChI=1S/C17H16F2N2/c1-10(2)21-17-6-4-5-13(14(17)9-20-21)12-7-15(18)11(3)16(19)8-12/h4-10H,1-3H3. The maximum absolute atomic E-state index is 13.8. The second kappa shape index (κ2) is 4.95. The van der Waals surface area contributed by atoms with Crippen LogP contribution in [-0.2, 0) is 0 Å². The van der Waals surface area contributed by atoms with E-state index in [9.17, 15) is 8.78 Å². The van der Waals surface area contributed by atoms with E-state index in [0.717, 1.165) is 16.5 Å². The van der Waals surface area contributed by atoms with Gasteiger partial charge in [-0.3, -0.25) is 4.68 Å². The molecule has 0 spiro atoms. The summed E-state index contributed by atoms with van der Waals surface area (Å²) in [6.07, 6.45) is 1.75. The van der Waals surface area contributed by atoms with Gasteiger partial charge in [0, 0.05) is 17.0 Å². The molecule has 108 valence electrons. The molecular weight excluding hydrogens is 270 g/mol. The van der Waals surface area contributed by atoms with Crippen LogP contribution in [0.25, 0.3) is 22.0 Å². The smallest absolute Gasteiger partial charge is 0.129 e. The highest BCUT2D eigenvalue weighted by atomic mass is 19.1. The van der Waals surface area contributed by atoms with E-state index in [2.05, 4.69) is 5.10 Å². The molecule has 2 aromatic carbocycles. The Morgan fingerprint density at radius 3 is 2.38 bits per heavy atom. The van der Waals surface area contributed by atoms with Crippen molar-refractivity contribution < 1.29 is 8.78 Å². The molecule has 0 aliphatic rings. The van der Waals surface area contributed by atoms with Crippen molar-refractivity contribution in [2.75, 3.05) is 0 Å². The molecule has 0 unspecified atom stereocenters. The van der Waals surface area contributed by atoms with Gasteiger partial charge in [-0.2, -0.15) is 5.10 Å². The monoisotopic (exact) mass is 286 g/mol. The number of rotatable bonds is 2. The number of hydrogen-bond acceptors (Lipinski definition) is 1. The number of halogens is 2. The van der Waals surface area contributed by atoms with Gasteiger partial charge in [0.05, 0.1) is 11.7 Å². The van der Waals surface area contributed by atoms with Crippen molar-refractivity contribution in [3.05, 3.63) is 53.7 Å². The number of benzene rings is 2. The third-order valence-electron chi connectivity index (χ3n) is 3.72. The predicted octanol–water partition coefficient (Wildman–Crippen LogP) is 4.87. The third-order valence-corrected chi connectivity index (χ3v) is 3.72. The summed E-state index contributed by atoms with van der Waals surface area (Å²) in [6, 6.07) is 8.68. The van der Waals surface area contributed by atoms with Crippen LogP contribution in [0, 0.1) is 18.6 Å². The van der Waals surface area contributed by atoms with Crippen LogP contribution in [0.15, 0.2) is 36.5 Å². The Morgan fingerprint density at radius 2 is 1.76 bits per heavy atom. The highest BCUT2D eigenvalue weighted by molar-refractivity contribution is 5.94. The topological polar surface area (TPSA) is 17.8 Å². The van der Waals surface area contributed by atoms with Crippen molar-refractivity contribution in [3.63, 3.8) is 0 Å². The Bertz CT molecular complexity index is 796. The zero-order valence-electron chi connectivity index (χ0n) is 12.2. The van der Waals surface area contributed by atoms with Gasteiger partial charge in [0.2, 0.25) is 0 Å². The van der Waals surface area contributed by atoms with Gasteiger partial charge in [0.25, 0.3) is 0 Å². The first-order valence-electron chi connectivity index (χ1n) is 6.91. The highest BCUT2D eigenvalue weighted by Crippen LogP contribution is 2.31. The molecule has 0 atom stereocenters. The third kappa shape index (κ3) is 2.20. The van der Waals surface area contributed by atoms with E-state index in [4.69, 9.17) is 0 Å². The van der Waals surface area contributed by atoms with E-state index in [-0.39, 0.29) is 11.6 Å². The van der Waals surface area contributed by atoms with Crippen LogP contribution in [0.4, 0.5) is 8.78 Å². The number of hydrogen-bond donors (Lipinski definition) is 0. The molecule has 0 saturated heterocycles. The van der Waals surface area contributed by atoms with E-state index < -0.39 is 11.6 Å². The summed E-state index contributed by atoms with van der Waals surface area (Å²) in [5, 5.41) is 5.27. The first kappa shape index (κ1) is 13.7. The summed E-state index contributed by atoms with van der Waals surface area (Å²) >= 11 is 0. The number of aromatic nitrogens is 2. The Balaban J connectivity index is 2.26. The Labute approximate surface area is 122 Å². The quantitative estimate of drug-likeness (QED) is 0.657. The Hall–Kier alpha value is -2.23. The maximum Gasteiger partial charge on any atom is 0.129 e. The van der Waals surface area contributed by atoms with Crippen LogP contribution in [0.5, 0.6) is 0 Å². The van der Waals surface area contributed by atoms with E-state index in [1.54, 1.807) is 6.20 Å². The molecule has 2 nitrogen and oxygen atoms in total. The van der Waals surface area contributed by atoms with Crippen molar-refractivity contribution in [2.45, 2.75) is 26.8 Å². The van der Waals surface area contributed by atoms with Crippen molar-refractivity contribution in [2.24, 2.45) is 0 Å². The normalized spacial score (nSPS) is 11.5. The lowest BCUT2D eigenvalue weighted by molar-refractivity contribution is 0.551. The number of nitrogens with zero attached hydrogens (tertiary/aromatic N) is 2. The summed E-state index contributed by atoms with van der Waals surface area (Å²) in [5.74, 6) is -1.06. The van der Waals surface area contributed by atoms with Gasteiger partial charge in [0.1, 0.15) is 11.6 Å². The largest absolute Gasteiger partial charge is 0.262 e. The fourth-order valence-corrected chi connectivity index (χ4v) is 2.53. The molecule has 3 aromatic rings. The first-order chi connectivity index (χ1) is 9.99. The molecule has 0 bridgehead atoms. The SMILES string of the molecule is Cc1c(F)cc(-c2cccc3c2cnn3C(C)C)cc1F. The van der Waals surface area contributed by atoms with Crippen LogP contribution in [0.2, 0.25) is 0 Å². The van der Waals surface area contributed by atoms with E-state index in [1.165, 1.54) is 19.1 Å². The van der Waals surface area contributed by atoms with Crippen LogP contribution in [0.3, 0.4) is 0 Å². The van der Waals surface area contributed by atoms with Gasteiger partial charge in [-0.1, -0.05) is 12.1 Å². The molecule has 0 amide bonds. The minimum atomic E-state index is -0.529. The average Bonchev–Trinajstić information content (AvgIpc) is 2.88. The molecule has 0 N–H and O–H groups in total. The van der Waals surface area contributed by atoms with Gasteiger partial charge in [0.15, 0.2) is 0 Å². The van der Waals surface area contributed by atoms with Crippen molar-refractivity contribution in [3.8, 4) is 11.1 Å². The predicted molar refractivity (Wildman–Crippen MR) is 80.2 cm³/mol. The highest BCUT2D eigenvalue weighted by Gasteiger charge is 2.13. The molecule has 0 aliphatic heterocycles. The lowest BCUT2D eigenvalue weighted by Gasteiger charge is -2.09. The summed E-state index contributed by atoms with van der Waals surface area (Å²) in [6.45, 7) is 5.53. The summed E-state index contributed by atoms with van der Waals surface area (Å²) in [7, 11) is 0. The van der Waals surface area contributed by atoms with E-state index in [1.807, 2.05) is 36.7 Å². The Kier molecular flexibility index (Phi) is 3.24. The van der Waals surface area contributed by atoms with Gasteiger partial charge in [-0.25, -0.2) is 8.78 Å². The molecule has 0 fully saturated rings. The summed E-state index contributed by atoms with van der Waals surface area (Å²) in [4.78, 5) is 0. The second-order valence-corrected chi connectivity index (χ2v) is 5.49. The molecule has 0 saturated carbocycles. The minimum Gasteiger partial charge on any atom is -0.262 e. The van der Waals surface area contributed by atoms with Crippen LogP contribution in [-0.4, -0.2) is 9.78 Å². The summed E-state index contributed by atoms with van der Waals surface area (Å²) in [5.41, 5.74) is 2.33. The van der Waals surface area contributed by atoms with Crippen molar-refractivity contribution in [1.29, 1.82) is 0 Å². The fourth-order valence-electron chi connectivity index (χ4n) is 2.53. The zero-order valence-corrected chi connectivity index (χ0v) is 12.2. The fraction of sp³-hybridized carbons (Fsp3) is 0.235. The van der Waals surface area contributed by atoms with Crippen LogP contribution < -0.4 is 0 Å². The zero-order chi connectivity index (χ0) is 15.1. The molecule has 21 heavy (non-hydrogen) atoms. The van der Waals surface area contributed by atoms with Gasteiger partial charge in [-0.15, -0.1) is 0 Å². The molecule has 1 heterocycles. The lowest BCUT2D eigenvalue weighted by atomic mass is 10.00. The maximum atomic E-state index is 13.8. The van der Waals surface area contributed by atoms with Crippen molar-refractivity contribution >= 4 is 10.9 Å². The Morgan fingerprint density at radius 1 is 1.10 bits per heavy atom. The average molecular weight is 286 g/mol. The number of fused-ring (bicyclic) bond motifs is 1. The molecule has 3 rings (SSSR count). The van der Waals surface area contributed by atoms with E-state index >= 15 is 0 Å². The van der Waals surface area contributed by atoms with Gasteiger partial charge < -0.3 is 0 Å². The molecule has 4 heteroatoms. The van der Waals surface area contributed by atoms with Crippen LogP contribution in [0.1, 0.15) is 25.5 Å². The lowest BCUT2D eigenvalue weighted by Crippen LogP contribution is -2.01. The molecule has 1 aromatic heterocycles. The minimum absolute atomic E-state index is 0.0452. The molecular formula is C17H16F2N2. The van der Waals surface area contributed by atoms with Crippen LogP contribution >= 0.6 is 0 Å². The second-order valence-electron chi connectivity index (χ2n) is 5.49. The van der Waals surface area contributed by atoms with Gasteiger partial charge in [-0.05, 0) is 50.1 Å². The van der Waals surface area contributed by atoms with Gasteiger partial charge >= 0.3 is 0 Å².